The molecule has 1 aromatic rings. The maximum absolute atomic E-state index is 11.8. The third-order valence-electron chi connectivity index (χ3n) is 2.27. The smallest absolute Gasteiger partial charge is 0.264 e. The van der Waals surface area contributed by atoms with E-state index < -0.39 is 11.9 Å². The molecule has 0 aromatic carbocycles. The topological polar surface area (TPSA) is 89.9 Å². The molecular formula is C11H16N2O4S. The Hall–Kier alpha value is -1.44. The molecule has 7 heteroatoms. The van der Waals surface area contributed by atoms with E-state index in [1.54, 1.807) is 17.5 Å². The van der Waals surface area contributed by atoms with Crippen molar-refractivity contribution in [3.05, 3.63) is 22.4 Å². The summed E-state index contributed by atoms with van der Waals surface area (Å²) in [5.41, 5.74) is 0. The Balaban J connectivity index is 2.47. The van der Waals surface area contributed by atoms with Crippen LogP contribution in [-0.2, 0) is 4.79 Å². The average Bonchev–Trinajstić information content (AvgIpc) is 2.88. The van der Waals surface area contributed by atoms with E-state index in [2.05, 4.69) is 5.32 Å². The number of nitrogens with one attached hydrogen (secondary N) is 1. The Labute approximate surface area is 109 Å². The van der Waals surface area contributed by atoms with Gasteiger partial charge < -0.3 is 20.4 Å². The number of amides is 2. The Morgan fingerprint density at radius 1 is 1.44 bits per heavy atom. The van der Waals surface area contributed by atoms with Gasteiger partial charge in [0.2, 0.25) is 5.91 Å². The predicted molar refractivity (Wildman–Crippen MR) is 67.4 cm³/mol. The number of hydrogen-bond donors (Lipinski definition) is 3. The molecule has 0 bridgehead atoms. The molecule has 0 aliphatic carbocycles. The van der Waals surface area contributed by atoms with Gasteiger partial charge in [-0.05, 0) is 11.4 Å². The SMILES string of the molecule is CN(CC(=O)NC(CO)CO)C(=O)c1cccs1. The molecule has 1 rings (SSSR count). The summed E-state index contributed by atoms with van der Waals surface area (Å²) in [4.78, 5) is 25.2. The molecule has 0 radical (unpaired) electrons. The zero-order valence-electron chi connectivity index (χ0n) is 10.00. The Morgan fingerprint density at radius 3 is 2.61 bits per heavy atom. The molecule has 0 saturated carbocycles. The molecule has 6 nitrogen and oxygen atoms in total. The molecule has 100 valence electrons. The highest BCUT2D eigenvalue weighted by Gasteiger charge is 2.17. The van der Waals surface area contributed by atoms with E-state index in [0.29, 0.717) is 4.88 Å². The van der Waals surface area contributed by atoms with Crippen molar-refractivity contribution in [3.8, 4) is 0 Å². The van der Waals surface area contributed by atoms with Gasteiger partial charge in [0.25, 0.3) is 5.91 Å². The summed E-state index contributed by atoms with van der Waals surface area (Å²) in [5.74, 6) is -0.653. The molecule has 0 unspecified atom stereocenters. The van der Waals surface area contributed by atoms with Crippen molar-refractivity contribution >= 4 is 23.2 Å². The number of aliphatic hydroxyl groups is 2. The summed E-state index contributed by atoms with van der Waals surface area (Å²) in [6.07, 6.45) is 0. The van der Waals surface area contributed by atoms with Crippen LogP contribution in [0.1, 0.15) is 9.67 Å². The van der Waals surface area contributed by atoms with Crippen LogP contribution < -0.4 is 5.32 Å². The zero-order valence-corrected chi connectivity index (χ0v) is 10.8. The highest BCUT2D eigenvalue weighted by Crippen LogP contribution is 2.10. The number of hydrogen-bond acceptors (Lipinski definition) is 5. The molecular weight excluding hydrogens is 256 g/mol. The first-order valence-electron chi connectivity index (χ1n) is 5.38. The van der Waals surface area contributed by atoms with E-state index in [9.17, 15) is 9.59 Å². The molecule has 0 aliphatic rings. The van der Waals surface area contributed by atoms with Crippen LogP contribution in [0.4, 0.5) is 0 Å². The van der Waals surface area contributed by atoms with Crippen LogP contribution in [0.15, 0.2) is 17.5 Å². The number of nitrogens with zero attached hydrogens (tertiary/aromatic N) is 1. The molecule has 0 atom stereocenters. The van der Waals surface area contributed by atoms with Crippen LogP contribution in [0.2, 0.25) is 0 Å². The van der Waals surface area contributed by atoms with Crippen LogP contribution in [-0.4, -0.2) is 59.8 Å². The fourth-order valence-corrected chi connectivity index (χ4v) is 2.02. The number of rotatable bonds is 6. The number of thiophene rings is 1. The van der Waals surface area contributed by atoms with Gasteiger partial charge in [-0.25, -0.2) is 0 Å². The number of likely N-dealkylation sites (N-methyl/N-ethyl adjacent to an activating group) is 1. The van der Waals surface area contributed by atoms with E-state index in [0.717, 1.165) is 0 Å². The first-order valence-corrected chi connectivity index (χ1v) is 6.26. The van der Waals surface area contributed by atoms with Gasteiger partial charge in [-0.2, -0.15) is 0 Å². The molecule has 0 saturated heterocycles. The summed E-state index contributed by atoms with van der Waals surface area (Å²) in [7, 11) is 1.52. The standard InChI is InChI=1S/C11H16N2O4S/c1-13(11(17)9-3-2-4-18-9)5-10(16)12-8(6-14)7-15/h2-4,8,14-15H,5-7H2,1H3,(H,12,16). The van der Waals surface area contributed by atoms with E-state index in [1.807, 2.05) is 0 Å². The lowest BCUT2D eigenvalue weighted by atomic mass is 10.3. The number of carbonyl (C=O) groups is 2. The Morgan fingerprint density at radius 2 is 2.11 bits per heavy atom. The third-order valence-corrected chi connectivity index (χ3v) is 3.12. The summed E-state index contributed by atoms with van der Waals surface area (Å²) in [5, 5.41) is 21.8. The van der Waals surface area contributed by atoms with Gasteiger partial charge in [0, 0.05) is 7.05 Å². The van der Waals surface area contributed by atoms with E-state index in [-0.39, 0.29) is 25.7 Å². The van der Waals surface area contributed by atoms with Crippen molar-refractivity contribution in [2.75, 3.05) is 26.8 Å². The third kappa shape index (κ3) is 4.10. The van der Waals surface area contributed by atoms with Gasteiger partial charge in [0.15, 0.2) is 0 Å². The van der Waals surface area contributed by atoms with Crippen molar-refractivity contribution in [1.82, 2.24) is 10.2 Å². The first kappa shape index (κ1) is 14.6. The van der Waals surface area contributed by atoms with Crippen LogP contribution in [0.5, 0.6) is 0 Å². The number of carbonyl (C=O) groups excluding carboxylic acids is 2. The summed E-state index contributed by atoms with van der Waals surface area (Å²) < 4.78 is 0. The number of aliphatic hydroxyl groups excluding tert-OH is 2. The first-order chi connectivity index (χ1) is 8.58. The van der Waals surface area contributed by atoms with Gasteiger partial charge in [0.1, 0.15) is 0 Å². The lowest BCUT2D eigenvalue weighted by Gasteiger charge is -2.18. The van der Waals surface area contributed by atoms with Crippen molar-refractivity contribution < 1.29 is 19.8 Å². The monoisotopic (exact) mass is 272 g/mol. The van der Waals surface area contributed by atoms with Crippen molar-refractivity contribution in [2.45, 2.75) is 6.04 Å². The molecule has 2 amide bonds. The Kier molecular flexibility index (Phi) is 5.76. The highest BCUT2D eigenvalue weighted by molar-refractivity contribution is 7.12. The second-order valence-corrected chi connectivity index (χ2v) is 4.72. The van der Waals surface area contributed by atoms with E-state index >= 15 is 0 Å². The van der Waals surface area contributed by atoms with Crippen LogP contribution in [0, 0.1) is 0 Å². The maximum atomic E-state index is 11.8. The molecule has 3 N–H and O–H groups in total. The molecule has 0 spiro atoms. The van der Waals surface area contributed by atoms with Gasteiger partial charge in [-0.1, -0.05) is 6.07 Å². The molecule has 1 aromatic heterocycles. The highest BCUT2D eigenvalue weighted by atomic mass is 32.1. The minimum atomic E-state index is -0.692. The largest absolute Gasteiger partial charge is 0.394 e. The van der Waals surface area contributed by atoms with Gasteiger partial charge in [-0.15, -0.1) is 11.3 Å². The van der Waals surface area contributed by atoms with Crippen LogP contribution in [0.25, 0.3) is 0 Å². The van der Waals surface area contributed by atoms with E-state index in [1.165, 1.54) is 23.3 Å². The molecule has 0 aliphatic heterocycles. The lowest BCUT2D eigenvalue weighted by molar-refractivity contribution is -0.122. The minimum absolute atomic E-state index is 0.118. The molecule has 0 fully saturated rings. The average molecular weight is 272 g/mol. The van der Waals surface area contributed by atoms with E-state index in [4.69, 9.17) is 10.2 Å². The summed E-state index contributed by atoms with van der Waals surface area (Å²) in [6, 6.07) is 2.76. The predicted octanol–water partition coefficient (Wildman–Crippen LogP) is -0.710. The Bertz CT molecular complexity index is 390. The van der Waals surface area contributed by atoms with Crippen molar-refractivity contribution in [3.63, 3.8) is 0 Å². The molecule has 18 heavy (non-hydrogen) atoms. The second kappa shape index (κ2) is 7.10. The second-order valence-electron chi connectivity index (χ2n) is 3.77. The minimum Gasteiger partial charge on any atom is -0.394 e. The van der Waals surface area contributed by atoms with Crippen LogP contribution in [0.3, 0.4) is 0 Å². The van der Waals surface area contributed by atoms with Crippen molar-refractivity contribution in [2.24, 2.45) is 0 Å². The van der Waals surface area contributed by atoms with Crippen molar-refractivity contribution in [1.29, 1.82) is 0 Å². The zero-order chi connectivity index (χ0) is 13.5. The summed E-state index contributed by atoms with van der Waals surface area (Å²) in [6.45, 7) is -0.803. The van der Waals surface area contributed by atoms with Gasteiger partial charge >= 0.3 is 0 Å². The van der Waals surface area contributed by atoms with Gasteiger partial charge in [0.05, 0.1) is 30.7 Å². The normalized spacial score (nSPS) is 10.4. The fourth-order valence-electron chi connectivity index (χ4n) is 1.30. The fraction of sp³-hybridized carbons (Fsp3) is 0.455. The van der Waals surface area contributed by atoms with Gasteiger partial charge in [-0.3, -0.25) is 9.59 Å². The lowest BCUT2D eigenvalue weighted by Crippen LogP contribution is -2.45. The summed E-state index contributed by atoms with van der Waals surface area (Å²) >= 11 is 1.31. The maximum Gasteiger partial charge on any atom is 0.264 e. The molecule has 1 heterocycles. The van der Waals surface area contributed by atoms with Crippen LogP contribution >= 0.6 is 11.3 Å². The quantitative estimate of drug-likeness (QED) is 0.638.